The van der Waals surface area contributed by atoms with Gasteiger partial charge < -0.3 is 4.74 Å². The van der Waals surface area contributed by atoms with E-state index in [-0.39, 0.29) is 0 Å². The molecule has 62 valence electrons. The first-order valence-electron chi connectivity index (χ1n) is 4.03. The topological polar surface area (TPSA) is 9.23 Å². The van der Waals surface area contributed by atoms with Crippen LogP contribution in [-0.4, -0.2) is 16.6 Å². The fourth-order valence-corrected chi connectivity index (χ4v) is 2.40. The Hall–Kier alpha value is 0.250. The van der Waals surface area contributed by atoms with Gasteiger partial charge in [0.15, 0.2) is 0 Å². The molecule has 0 saturated heterocycles. The second kappa shape index (κ2) is 5.00. The second-order valence-corrected chi connectivity index (χ2v) is 4.45. The normalized spacial score (nSPS) is 31.3. The van der Waals surface area contributed by atoms with Crippen LogP contribution >= 0.6 is 22.6 Å². The summed E-state index contributed by atoms with van der Waals surface area (Å²) in [5, 5.41) is 0. The van der Waals surface area contributed by atoms with E-state index in [1.54, 1.807) is 0 Å². The zero-order valence-electron chi connectivity index (χ0n) is 6.55. The number of terminal acetylenes is 1. The van der Waals surface area contributed by atoms with E-state index in [0.29, 0.717) is 16.6 Å². The van der Waals surface area contributed by atoms with Crippen LogP contribution in [0.4, 0.5) is 0 Å². The molecule has 0 aromatic carbocycles. The molecule has 1 nitrogen and oxygen atoms in total. The number of hydrogen-bond acceptors (Lipinski definition) is 1. The highest BCUT2D eigenvalue weighted by molar-refractivity contribution is 14.1. The molecule has 11 heavy (non-hydrogen) atoms. The standard InChI is InChI=1S/C9H13IO/c1-2-7-11-9-6-4-3-5-8(9)10/h1,8-9H,3-7H2/t8-,9-/m1/s1. The molecule has 0 amide bonds. The summed E-state index contributed by atoms with van der Waals surface area (Å²) < 4.78 is 6.18. The SMILES string of the molecule is C#CCO[C@@H]1CCCC[C@H]1I. The first-order valence-corrected chi connectivity index (χ1v) is 5.28. The minimum absolute atomic E-state index is 0.417. The van der Waals surface area contributed by atoms with Crippen LogP contribution in [0.25, 0.3) is 0 Å². The van der Waals surface area contributed by atoms with Gasteiger partial charge in [0.2, 0.25) is 0 Å². The summed E-state index contributed by atoms with van der Waals surface area (Å²) in [6.45, 7) is 0.476. The van der Waals surface area contributed by atoms with Crippen molar-refractivity contribution >= 4 is 22.6 Å². The Morgan fingerprint density at radius 2 is 2.18 bits per heavy atom. The largest absolute Gasteiger partial charge is 0.364 e. The van der Waals surface area contributed by atoms with Crippen molar-refractivity contribution in [3.05, 3.63) is 0 Å². The number of hydrogen-bond donors (Lipinski definition) is 0. The van der Waals surface area contributed by atoms with Crippen LogP contribution in [0, 0.1) is 12.3 Å². The van der Waals surface area contributed by atoms with Crippen LogP contribution < -0.4 is 0 Å². The molecular weight excluding hydrogens is 251 g/mol. The minimum Gasteiger partial charge on any atom is -0.364 e. The first kappa shape index (κ1) is 9.34. The van der Waals surface area contributed by atoms with Crippen molar-refractivity contribution in [2.75, 3.05) is 6.61 Å². The van der Waals surface area contributed by atoms with E-state index in [2.05, 4.69) is 28.5 Å². The summed E-state index contributed by atoms with van der Waals surface area (Å²) in [5.74, 6) is 2.51. The number of rotatable bonds is 2. The molecule has 1 aliphatic carbocycles. The second-order valence-electron chi connectivity index (χ2n) is 2.85. The number of halogens is 1. The maximum Gasteiger partial charge on any atom is 0.107 e. The van der Waals surface area contributed by atoms with E-state index < -0.39 is 0 Å². The predicted octanol–water partition coefficient (Wildman–Crippen LogP) is 2.38. The van der Waals surface area contributed by atoms with E-state index in [0.717, 1.165) is 0 Å². The fourth-order valence-electron chi connectivity index (χ4n) is 1.39. The van der Waals surface area contributed by atoms with E-state index >= 15 is 0 Å². The molecule has 0 N–H and O–H groups in total. The quantitative estimate of drug-likeness (QED) is 0.422. The lowest BCUT2D eigenvalue weighted by molar-refractivity contribution is 0.0584. The molecular formula is C9H13IO. The molecule has 0 aliphatic heterocycles. The smallest absolute Gasteiger partial charge is 0.107 e. The lowest BCUT2D eigenvalue weighted by Gasteiger charge is -2.26. The van der Waals surface area contributed by atoms with Crippen molar-refractivity contribution in [2.24, 2.45) is 0 Å². The van der Waals surface area contributed by atoms with Crippen molar-refractivity contribution in [2.45, 2.75) is 35.7 Å². The third kappa shape index (κ3) is 3.00. The molecule has 1 rings (SSSR count). The Labute approximate surface area is 82.0 Å². The van der Waals surface area contributed by atoms with E-state index in [1.807, 2.05) is 0 Å². The Balaban J connectivity index is 2.25. The average Bonchev–Trinajstić information content (AvgIpc) is 2.03. The molecule has 0 unspecified atom stereocenters. The highest BCUT2D eigenvalue weighted by atomic mass is 127. The maximum atomic E-state index is 5.50. The summed E-state index contributed by atoms with van der Waals surface area (Å²) >= 11 is 2.46. The fraction of sp³-hybridized carbons (Fsp3) is 0.778. The Morgan fingerprint density at radius 3 is 2.82 bits per heavy atom. The first-order chi connectivity index (χ1) is 5.34. The van der Waals surface area contributed by atoms with Crippen LogP contribution in [0.3, 0.4) is 0 Å². The highest BCUT2D eigenvalue weighted by Gasteiger charge is 2.22. The zero-order valence-corrected chi connectivity index (χ0v) is 8.71. The summed E-state index contributed by atoms with van der Waals surface area (Å²) in [5.41, 5.74) is 0. The average molecular weight is 264 g/mol. The van der Waals surface area contributed by atoms with E-state index in [1.165, 1.54) is 25.7 Å². The Bertz CT molecular complexity index is 150. The Morgan fingerprint density at radius 1 is 1.45 bits per heavy atom. The van der Waals surface area contributed by atoms with Crippen LogP contribution in [0.2, 0.25) is 0 Å². The minimum atomic E-state index is 0.417. The van der Waals surface area contributed by atoms with Gasteiger partial charge in [0.1, 0.15) is 6.61 Å². The van der Waals surface area contributed by atoms with Gasteiger partial charge in [-0.05, 0) is 12.8 Å². The molecule has 0 aromatic heterocycles. The number of ether oxygens (including phenoxy) is 1. The molecule has 0 radical (unpaired) electrons. The van der Waals surface area contributed by atoms with Gasteiger partial charge in [0.05, 0.1) is 6.10 Å². The lowest BCUT2D eigenvalue weighted by atomic mass is 9.98. The van der Waals surface area contributed by atoms with Crippen LogP contribution in [0.5, 0.6) is 0 Å². The highest BCUT2D eigenvalue weighted by Crippen LogP contribution is 2.26. The van der Waals surface area contributed by atoms with Gasteiger partial charge in [-0.25, -0.2) is 0 Å². The third-order valence-electron chi connectivity index (χ3n) is 2.00. The van der Waals surface area contributed by atoms with Gasteiger partial charge >= 0.3 is 0 Å². The van der Waals surface area contributed by atoms with Crippen LogP contribution in [-0.2, 0) is 4.74 Å². The van der Waals surface area contributed by atoms with Gasteiger partial charge in [-0.1, -0.05) is 41.4 Å². The Kier molecular flexibility index (Phi) is 4.24. The van der Waals surface area contributed by atoms with Gasteiger partial charge in [-0.15, -0.1) is 6.42 Å². The summed E-state index contributed by atoms with van der Waals surface area (Å²) in [7, 11) is 0. The monoisotopic (exact) mass is 264 g/mol. The molecule has 2 atom stereocenters. The third-order valence-corrected chi connectivity index (χ3v) is 3.43. The molecule has 1 fully saturated rings. The van der Waals surface area contributed by atoms with Crippen molar-refractivity contribution < 1.29 is 4.74 Å². The molecule has 0 spiro atoms. The van der Waals surface area contributed by atoms with Gasteiger partial charge in [-0.2, -0.15) is 0 Å². The van der Waals surface area contributed by atoms with Crippen molar-refractivity contribution in [3.63, 3.8) is 0 Å². The molecule has 0 aromatic rings. The predicted molar refractivity (Wildman–Crippen MR) is 54.8 cm³/mol. The summed E-state index contributed by atoms with van der Waals surface area (Å²) in [4.78, 5) is 0. The molecule has 2 heteroatoms. The van der Waals surface area contributed by atoms with Gasteiger partial charge in [0.25, 0.3) is 0 Å². The van der Waals surface area contributed by atoms with Crippen molar-refractivity contribution in [1.82, 2.24) is 0 Å². The zero-order chi connectivity index (χ0) is 8.10. The van der Waals surface area contributed by atoms with Gasteiger partial charge in [-0.3, -0.25) is 0 Å². The molecule has 0 bridgehead atoms. The van der Waals surface area contributed by atoms with E-state index in [4.69, 9.17) is 11.2 Å². The lowest BCUT2D eigenvalue weighted by Crippen LogP contribution is -2.27. The maximum absolute atomic E-state index is 5.50. The van der Waals surface area contributed by atoms with Gasteiger partial charge in [0, 0.05) is 3.92 Å². The summed E-state index contributed by atoms with van der Waals surface area (Å²) in [6, 6.07) is 0. The van der Waals surface area contributed by atoms with Crippen molar-refractivity contribution in [3.8, 4) is 12.3 Å². The summed E-state index contributed by atoms with van der Waals surface area (Å²) in [6.07, 6.45) is 10.7. The number of alkyl halides is 1. The van der Waals surface area contributed by atoms with Crippen molar-refractivity contribution in [1.29, 1.82) is 0 Å². The van der Waals surface area contributed by atoms with Crippen LogP contribution in [0.15, 0.2) is 0 Å². The van der Waals surface area contributed by atoms with Crippen LogP contribution in [0.1, 0.15) is 25.7 Å². The van der Waals surface area contributed by atoms with E-state index in [9.17, 15) is 0 Å². The molecule has 1 aliphatic rings. The molecule has 1 saturated carbocycles. The molecule has 0 heterocycles.